The quantitative estimate of drug-likeness (QED) is 0.853. The summed E-state index contributed by atoms with van der Waals surface area (Å²) in [4.78, 5) is 26.8. The number of morpholine rings is 1. The largest absolute Gasteiger partial charge is 0.440 e. The van der Waals surface area contributed by atoms with Gasteiger partial charge in [0.2, 0.25) is 0 Å². The van der Waals surface area contributed by atoms with Crippen molar-refractivity contribution in [3.63, 3.8) is 0 Å². The highest BCUT2D eigenvalue weighted by atomic mass is 35.5. The number of nitrogens with zero attached hydrogens (tertiary/aromatic N) is 3. The summed E-state index contributed by atoms with van der Waals surface area (Å²) in [6.07, 6.45) is 3.25. The van der Waals surface area contributed by atoms with Crippen molar-refractivity contribution < 1.29 is 18.7 Å². The van der Waals surface area contributed by atoms with Gasteiger partial charge in [0.05, 0.1) is 30.7 Å². The van der Waals surface area contributed by atoms with Gasteiger partial charge >= 0.3 is 0 Å². The number of ether oxygens (including phenoxy) is 1. The number of fused-ring (bicyclic) bond motifs is 1. The lowest BCUT2D eigenvalue weighted by atomic mass is 9.94. The van der Waals surface area contributed by atoms with Crippen LogP contribution in [0.3, 0.4) is 0 Å². The Labute approximate surface area is 161 Å². The molecule has 1 fully saturated rings. The van der Waals surface area contributed by atoms with Crippen molar-refractivity contribution in [2.24, 2.45) is 5.92 Å². The minimum Gasteiger partial charge on any atom is -0.440 e. The predicted octanol–water partition coefficient (Wildman–Crippen LogP) is 1.59. The zero-order chi connectivity index (χ0) is 18.8. The molecule has 9 heteroatoms. The highest BCUT2D eigenvalue weighted by Crippen LogP contribution is 2.24. The maximum absolute atomic E-state index is 12.8. The summed E-state index contributed by atoms with van der Waals surface area (Å²) in [5, 5.41) is 7.45. The SMILES string of the molecule is O=C(NCC1CCn2ncc(C(=O)N3CCOCC3)c2C1)c1ccc(Cl)o1. The highest BCUT2D eigenvalue weighted by molar-refractivity contribution is 6.29. The second kappa shape index (κ2) is 7.74. The molecule has 0 bridgehead atoms. The van der Waals surface area contributed by atoms with Crippen LogP contribution in [-0.4, -0.2) is 59.3 Å². The minimum atomic E-state index is -0.286. The number of furan rings is 1. The Morgan fingerprint density at radius 3 is 2.81 bits per heavy atom. The molecule has 4 heterocycles. The minimum absolute atomic E-state index is 0.00876. The molecule has 2 aliphatic rings. The zero-order valence-corrected chi connectivity index (χ0v) is 15.6. The summed E-state index contributed by atoms with van der Waals surface area (Å²) in [5.74, 6) is 0.156. The summed E-state index contributed by atoms with van der Waals surface area (Å²) in [6, 6.07) is 3.09. The number of amides is 2. The van der Waals surface area contributed by atoms with Gasteiger partial charge in [-0.25, -0.2) is 0 Å². The number of rotatable bonds is 4. The van der Waals surface area contributed by atoms with Crippen LogP contribution >= 0.6 is 11.6 Å². The van der Waals surface area contributed by atoms with Gasteiger partial charge in [-0.05, 0) is 42.5 Å². The fraction of sp³-hybridized carbons (Fsp3) is 0.500. The average Bonchev–Trinajstić information content (AvgIpc) is 3.32. The number of carbonyl (C=O) groups is 2. The van der Waals surface area contributed by atoms with E-state index in [1.54, 1.807) is 18.3 Å². The number of carbonyl (C=O) groups excluding carboxylic acids is 2. The Bertz CT molecular complexity index is 840. The molecule has 144 valence electrons. The first kappa shape index (κ1) is 18.1. The maximum atomic E-state index is 12.8. The molecule has 8 nitrogen and oxygen atoms in total. The lowest BCUT2D eigenvalue weighted by molar-refractivity contribution is 0.0301. The van der Waals surface area contributed by atoms with Crippen LogP contribution in [0, 0.1) is 5.92 Å². The summed E-state index contributed by atoms with van der Waals surface area (Å²) >= 11 is 5.71. The van der Waals surface area contributed by atoms with Crippen LogP contribution in [0.2, 0.25) is 5.22 Å². The van der Waals surface area contributed by atoms with Gasteiger partial charge < -0.3 is 19.4 Å². The molecule has 2 aromatic rings. The van der Waals surface area contributed by atoms with Crippen LogP contribution in [-0.2, 0) is 17.7 Å². The highest BCUT2D eigenvalue weighted by Gasteiger charge is 2.28. The lowest BCUT2D eigenvalue weighted by Gasteiger charge is -2.28. The van der Waals surface area contributed by atoms with Crippen molar-refractivity contribution in [1.82, 2.24) is 20.0 Å². The van der Waals surface area contributed by atoms with E-state index in [0.717, 1.165) is 18.7 Å². The number of aryl methyl sites for hydroxylation is 1. The smallest absolute Gasteiger partial charge is 0.287 e. The first-order chi connectivity index (χ1) is 13.1. The fourth-order valence-corrected chi connectivity index (χ4v) is 3.70. The Kier molecular flexibility index (Phi) is 5.18. The van der Waals surface area contributed by atoms with E-state index in [9.17, 15) is 9.59 Å². The van der Waals surface area contributed by atoms with Crippen LogP contribution in [0.4, 0.5) is 0 Å². The molecule has 1 atom stereocenters. The number of hydrogen-bond acceptors (Lipinski definition) is 5. The molecule has 27 heavy (non-hydrogen) atoms. The van der Waals surface area contributed by atoms with Gasteiger partial charge in [-0.1, -0.05) is 0 Å². The first-order valence-electron chi connectivity index (χ1n) is 9.07. The number of hydrogen-bond donors (Lipinski definition) is 1. The Balaban J connectivity index is 1.39. The van der Waals surface area contributed by atoms with E-state index in [-0.39, 0.29) is 28.7 Å². The van der Waals surface area contributed by atoms with Crippen molar-refractivity contribution in [3.05, 3.63) is 40.6 Å². The van der Waals surface area contributed by atoms with Gasteiger partial charge in [0.25, 0.3) is 11.8 Å². The summed E-state index contributed by atoms with van der Waals surface area (Å²) in [6.45, 7) is 3.59. The Morgan fingerprint density at radius 1 is 1.26 bits per heavy atom. The van der Waals surface area contributed by atoms with Gasteiger partial charge in [-0.3, -0.25) is 14.3 Å². The van der Waals surface area contributed by atoms with E-state index >= 15 is 0 Å². The molecule has 0 saturated carbocycles. The molecule has 1 N–H and O–H groups in total. The van der Waals surface area contributed by atoms with E-state index in [1.807, 2.05) is 9.58 Å². The molecule has 0 radical (unpaired) electrons. The second-order valence-electron chi connectivity index (χ2n) is 6.81. The van der Waals surface area contributed by atoms with Crippen LogP contribution in [0.1, 0.15) is 33.0 Å². The first-order valence-corrected chi connectivity index (χ1v) is 9.45. The monoisotopic (exact) mass is 392 g/mol. The van der Waals surface area contributed by atoms with Crippen molar-refractivity contribution in [2.45, 2.75) is 19.4 Å². The molecule has 4 rings (SSSR count). The topological polar surface area (TPSA) is 89.6 Å². The molecule has 0 aromatic carbocycles. The molecule has 2 amide bonds. The lowest BCUT2D eigenvalue weighted by Crippen LogP contribution is -2.41. The van der Waals surface area contributed by atoms with Gasteiger partial charge in [0, 0.05) is 26.2 Å². The van der Waals surface area contributed by atoms with Crippen LogP contribution in [0.15, 0.2) is 22.7 Å². The van der Waals surface area contributed by atoms with Gasteiger partial charge in [-0.2, -0.15) is 5.10 Å². The van der Waals surface area contributed by atoms with E-state index in [1.165, 1.54) is 0 Å². The van der Waals surface area contributed by atoms with Crippen LogP contribution < -0.4 is 5.32 Å². The van der Waals surface area contributed by atoms with Gasteiger partial charge in [0.15, 0.2) is 11.0 Å². The third-order valence-corrected chi connectivity index (χ3v) is 5.26. The average molecular weight is 393 g/mol. The Morgan fingerprint density at radius 2 is 2.07 bits per heavy atom. The summed E-state index contributed by atoms with van der Waals surface area (Å²) in [5.41, 5.74) is 1.60. The molecule has 2 aromatic heterocycles. The Hall–Kier alpha value is -2.32. The normalized spacial score (nSPS) is 19.6. The molecule has 2 aliphatic heterocycles. The van der Waals surface area contributed by atoms with Crippen molar-refractivity contribution in [3.8, 4) is 0 Å². The molecular weight excluding hydrogens is 372 g/mol. The molecular formula is C18H21ClN4O4. The van der Waals surface area contributed by atoms with Crippen LogP contribution in [0.25, 0.3) is 0 Å². The zero-order valence-electron chi connectivity index (χ0n) is 14.8. The van der Waals surface area contributed by atoms with Crippen molar-refractivity contribution >= 4 is 23.4 Å². The van der Waals surface area contributed by atoms with Gasteiger partial charge in [0.1, 0.15) is 0 Å². The third-order valence-electron chi connectivity index (χ3n) is 5.06. The van der Waals surface area contributed by atoms with E-state index in [0.29, 0.717) is 44.8 Å². The van der Waals surface area contributed by atoms with Crippen molar-refractivity contribution in [1.29, 1.82) is 0 Å². The maximum Gasteiger partial charge on any atom is 0.287 e. The summed E-state index contributed by atoms with van der Waals surface area (Å²) in [7, 11) is 0. The molecule has 0 spiro atoms. The fourth-order valence-electron chi connectivity index (χ4n) is 3.55. The predicted molar refractivity (Wildman–Crippen MR) is 96.8 cm³/mol. The van der Waals surface area contributed by atoms with E-state index < -0.39 is 0 Å². The van der Waals surface area contributed by atoms with E-state index in [2.05, 4.69) is 10.4 Å². The van der Waals surface area contributed by atoms with Crippen molar-refractivity contribution in [2.75, 3.05) is 32.8 Å². The number of halogens is 1. The number of aromatic nitrogens is 2. The van der Waals surface area contributed by atoms with E-state index in [4.69, 9.17) is 20.8 Å². The second-order valence-corrected chi connectivity index (χ2v) is 7.18. The van der Waals surface area contributed by atoms with Crippen LogP contribution in [0.5, 0.6) is 0 Å². The molecule has 1 saturated heterocycles. The number of nitrogens with one attached hydrogen (secondary N) is 1. The molecule has 1 unspecified atom stereocenters. The standard InChI is InChI=1S/C18H21ClN4O4/c19-16-2-1-15(27-16)17(24)20-10-12-3-4-23-14(9-12)13(11-21-23)18(25)22-5-7-26-8-6-22/h1-2,11-12H,3-10H2,(H,20,24). The van der Waals surface area contributed by atoms with Gasteiger partial charge in [-0.15, -0.1) is 0 Å². The molecule has 0 aliphatic carbocycles. The summed E-state index contributed by atoms with van der Waals surface area (Å²) < 4.78 is 12.3. The third kappa shape index (κ3) is 3.86.